The monoisotopic (exact) mass is 207 g/mol. The molecular weight excluding hydrogens is 200 g/mol. The van der Waals surface area contributed by atoms with E-state index in [4.69, 9.17) is 16.7 Å². The maximum atomic E-state index is 10.7. The van der Waals surface area contributed by atoms with Gasteiger partial charge in [0.05, 0.1) is 0 Å². The van der Waals surface area contributed by atoms with Crippen LogP contribution in [-0.2, 0) is 9.59 Å². The SMILES string of the molecule is O=C(O)C(=O)Nc1ccc(Cl)cc1.[H-].[Li+]. The number of hydrogen-bond acceptors (Lipinski definition) is 2. The average Bonchev–Trinajstić information content (AvgIpc) is 2.08. The summed E-state index contributed by atoms with van der Waals surface area (Å²) >= 11 is 5.58. The van der Waals surface area contributed by atoms with Gasteiger partial charge in [0.15, 0.2) is 0 Å². The number of amides is 1. The van der Waals surface area contributed by atoms with E-state index >= 15 is 0 Å². The minimum absolute atomic E-state index is 0. The second kappa shape index (κ2) is 5.71. The third-order valence-corrected chi connectivity index (χ3v) is 1.55. The first-order valence-corrected chi connectivity index (χ1v) is 3.77. The molecule has 6 heteroatoms. The fourth-order valence-electron chi connectivity index (χ4n) is 0.718. The van der Waals surface area contributed by atoms with Gasteiger partial charge in [-0.25, -0.2) is 4.79 Å². The van der Waals surface area contributed by atoms with E-state index < -0.39 is 11.9 Å². The van der Waals surface area contributed by atoms with Crippen molar-refractivity contribution in [1.82, 2.24) is 0 Å². The number of halogens is 1. The van der Waals surface area contributed by atoms with Crippen LogP contribution in [0.4, 0.5) is 5.69 Å². The third-order valence-electron chi connectivity index (χ3n) is 1.30. The molecule has 0 saturated carbocycles. The molecule has 0 aliphatic carbocycles. The summed E-state index contributed by atoms with van der Waals surface area (Å²) in [6.07, 6.45) is 0. The van der Waals surface area contributed by atoms with Crippen LogP contribution in [0.1, 0.15) is 1.43 Å². The smallest absolute Gasteiger partial charge is 1.00 e. The van der Waals surface area contributed by atoms with Crippen molar-refractivity contribution in [2.24, 2.45) is 0 Å². The van der Waals surface area contributed by atoms with Gasteiger partial charge in [-0.3, -0.25) is 4.79 Å². The predicted molar refractivity (Wildman–Crippen MR) is 48.8 cm³/mol. The van der Waals surface area contributed by atoms with Gasteiger partial charge in [0.25, 0.3) is 0 Å². The summed E-state index contributed by atoms with van der Waals surface area (Å²) in [5.74, 6) is -2.59. The molecule has 14 heavy (non-hydrogen) atoms. The van der Waals surface area contributed by atoms with Gasteiger partial charge in [-0.15, -0.1) is 0 Å². The molecule has 70 valence electrons. The fraction of sp³-hybridized carbons (Fsp3) is 0. The van der Waals surface area contributed by atoms with E-state index in [0.717, 1.165) is 0 Å². The number of hydrogen-bond donors (Lipinski definition) is 2. The van der Waals surface area contributed by atoms with Gasteiger partial charge >= 0.3 is 30.7 Å². The number of nitrogens with one attached hydrogen (secondary N) is 1. The molecule has 2 N–H and O–H groups in total. The van der Waals surface area contributed by atoms with Crippen LogP contribution in [0.3, 0.4) is 0 Å². The summed E-state index contributed by atoms with van der Waals surface area (Å²) < 4.78 is 0. The first-order chi connectivity index (χ1) is 6.09. The van der Waals surface area contributed by atoms with Gasteiger partial charge in [0, 0.05) is 10.7 Å². The van der Waals surface area contributed by atoms with Crippen LogP contribution in [-0.4, -0.2) is 17.0 Å². The van der Waals surface area contributed by atoms with Crippen LogP contribution in [0.5, 0.6) is 0 Å². The van der Waals surface area contributed by atoms with Crippen molar-refractivity contribution < 1.29 is 35.0 Å². The number of carboxylic acid groups (broad SMARTS) is 1. The Hall–Kier alpha value is -0.953. The molecule has 0 fully saturated rings. The molecule has 0 unspecified atom stereocenters. The van der Waals surface area contributed by atoms with Crippen LogP contribution in [0, 0.1) is 0 Å². The van der Waals surface area contributed by atoms with Crippen molar-refractivity contribution in [2.45, 2.75) is 0 Å². The molecule has 0 spiro atoms. The van der Waals surface area contributed by atoms with E-state index in [1.165, 1.54) is 12.1 Å². The number of carbonyl (C=O) groups excluding carboxylic acids is 1. The number of aliphatic carboxylic acids is 1. The number of carbonyl (C=O) groups is 2. The Balaban J connectivity index is 0. The van der Waals surface area contributed by atoms with Crippen LogP contribution in [0.15, 0.2) is 24.3 Å². The Morgan fingerprint density at radius 1 is 1.29 bits per heavy atom. The van der Waals surface area contributed by atoms with E-state index in [1.54, 1.807) is 12.1 Å². The molecule has 0 aliphatic heterocycles. The first kappa shape index (κ1) is 13.0. The average molecular weight is 208 g/mol. The van der Waals surface area contributed by atoms with Crippen molar-refractivity contribution in [1.29, 1.82) is 0 Å². The Labute approximate surface area is 98.9 Å². The standard InChI is InChI=1S/C8H6ClNO3.Li.H/c9-5-1-3-6(4-2-5)10-7(11)8(12)13;;/h1-4H,(H,10,11)(H,12,13);;/q;+1;-1. The topological polar surface area (TPSA) is 66.4 Å². The molecule has 1 aromatic rings. The molecule has 1 amide bonds. The van der Waals surface area contributed by atoms with Crippen LogP contribution in [0.2, 0.25) is 5.02 Å². The summed E-state index contributed by atoms with van der Waals surface area (Å²) in [5, 5.41) is 11.0. The molecule has 4 nitrogen and oxygen atoms in total. The first-order valence-electron chi connectivity index (χ1n) is 3.39. The maximum absolute atomic E-state index is 10.7. The quantitative estimate of drug-likeness (QED) is 0.434. The number of anilines is 1. The van der Waals surface area contributed by atoms with E-state index in [0.29, 0.717) is 10.7 Å². The summed E-state index contributed by atoms with van der Waals surface area (Å²) in [5.41, 5.74) is 0.400. The normalized spacial score (nSPS) is 8.64. The minimum atomic E-state index is -1.52. The van der Waals surface area contributed by atoms with Gasteiger partial charge in [-0.2, -0.15) is 0 Å². The van der Waals surface area contributed by atoms with Gasteiger partial charge in [0.2, 0.25) is 0 Å². The second-order valence-electron chi connectivity index (χ2n) is 2.27. The van der Waals surface area contributed by atoms with E-state index in [-0.39, 0.29) is 20.3 Å². The fourth-order valence-corrected chi connectivity index (χ4v) is 0.844. The molecular formula is C8H7ClLiNO3. The molecule has 0 aliphatic rings. The Bertz CT molecular complexity index is 344. The molecule has 0 saturated heterocycles. The van der Waals surface area contributed by atoms with E-state index in [9.17, 15) is 9.59 Å². The maximum Gasteiger partial charge on any atom is 1.00 e. The molecule has 1 aromatic carbocycles. The third kappa shape index (κ3) is 3.84. The second-order valence-corrected chi connectivity index (χ2v) is 2.70. The van der Waals surface area contributed by atoms with Crippen molar-refractivity contribution >= 4 is 29.2 Å². The van der Waals surface area contributed by atoms with Gasteiger partial charge in [-0.1, -0.05) is 11.6 Å². The van der Waals surface area contributed by atoms with Crippen molar-refractivity contribution in [2.75, 3.05) is 5.32 Å². The summed E-state index contributed by atoms with van der Waals surface area (Å²) in [7, 11) is 0. The number of benzene rings is 1. The summed E-state index contributed by atoms with van der Waals surface area (Å²) in [6.45, 7) is 0. The number of rotatable bonds is 1. The van der Waals surface area contributed by atoms with Gasteiger partial charge in [-0.05, 0) is 24.3 Å². The largest absolute Gasteiger partial charge is 1.00 e. The van der Waals surface area contributed by atoms with Crippen LogP contribution < -0.4 is 24.2 Å². The minimum Gasteiger partial charge on any atom is -1.00 e. The number of carboxylic acids is 1. The zero-order valence-corrected chi connectivity index (χ0v) is 8.21. The van der Waals surface area contributed by atoms with Crippen LogP contribution >= 0.6 is 11.6 Å². The van der Waals surface area contributed by atoms with Crippen molar-refractivity contribution in [3.63, 3.8) is 0 Å². The molecule has 1 rings (SSSR count). The van der Waals surface area contributed by atoms with Crippen LogP contribution in [0.25, 0.3) is 0 Å². The molecule has 0 heterocycles. The van der Waals surface area contributed by atoms with E-state index in [1.807, 2.05) is 0 Å². The van der Waals surface area contributed by atoms with Crippen molar-refractivity contribution in [3.05, 3.63) is 29.3 Å². The molecule has 0 bridgehead atoms. The summed E-state index contributed by atoms with van der Waals surface area (Å²) in [4.78, 5) is 20.8. The Morgan fingerprint density at radius 2 is 1.79 bits per heavy atom. The zero-order chi connectivity index (χ0) is 9.84. The Kier molecular flexibility index (Phi) is 5.32. The van der Waals surface area contributed by atoms with Gasteiger partial charge < -0.3 is 11.8 Å². The van der Waals surface area contributed by atoms with Crippen molar-refractivity contribution in [3.8, 4) is 0 Å². The zero-order valence-electron chi connectivity index (χ0n) is 8.45. The molecule has 0 radical (unpaired) electrons. The van der Waals surface area contributed by atoms with E-state index in [2.05, 4.69) is 5.32 Å². The predicted octanol–water partition coefficient (Wildman–Crippen LogP) is -1.52. The molecule has 0 aromatic heterocycles. The summed E-state index contributed by atoms with van der Waals surface area (Å²) in [6, 6.07) is 6.14. The van der Waals surface area contributed by atoms with Gasteiger partial charge in [0.1, 0.15) is 0 Å². The molecule has 0 atom stereocenters. The Morgan fingerprint density at radius 3 is 2.21 bits per heavy atom.